The predicted octanol–water partition coefficient (Wildman–Crippen LogP) is 1.30. The lowest BCUT2D eigenvalue weighted by atomic mass is 10.1. The molecular weight excluding hydrogens is 232 g/mol. The van der Waals surface area contributed by atoms with E-state index in [0.29, 0.717) is 26.1 Å². The van der Waals surface area contributed by atoms with Crippen LogP contribution in [-0.2, 0) is 0 Å². The number of nitrogens with zero attached hydrogens (tertiary/aromatic N) is 1. The third-order valence-electron chi connectivity index (χ3n) is 2.62. The standard InChI is InChI=1S/C13H20N2O3/c1-2-7-15(8-3-6-14)13(18)11-9-10(16)4-5-12(11)17/h4-5,9,16-17H,2-3,6-8,14H2,1H3. The molecule has 1 rings (SSSR count). The average molecular weight is 252 g/mol. The minimum atomic E-state index is -0.279. The normalized spacial score (nSPS) is 10.3. The van der Waals surface area contributed by atoms with E-state index in [2.05, 4.69) is 0 Å². The van der Waals surface area contributed by atoms with Crippen molar-refractivity contribution in [3.63, 3.8) is 0 Å². The number of hydrogen-bond donors (Lipinski definition) is 3. The van der Waals surface area contributed by atoms with Crippen LogP contribution in [-0.4, -0.2) is 40.7 Å². The first-order chi connectivity index (χ1) is 8.60. The lowest BCUT2D eigenvalue weighted by Crippen LogP contribution is -2.33. The van der Waals surface area contributed by atoms with Crippen LogP contribution in [0.25, 0.3) is 0 Å². The highest BCUT2D eigenvalue weighted by molar-refractivity contribution is 5.97. The first-order valence-electron chi connectivity index (χ1n) is 6.11. The van der Waals surface area contributed by atoms with Crippen molar-refractivity contribution in [2.45, 2.75) is 19.8 Å². The van der Waals surface area contributed by atoms with E-state index >= 15 is 0 Å². The molecule has 0 heterocycles. The van der Waals surface area contributed by atoms with Gasteiger partial charge in [0.25, 0.3) is 5.91 Å². The topological polar surface area (TPSA) is 86.8 Å². The van der Waals surface area contributed by atoms with Gasteiger partial charge in [-0.2, -0.15) is 0 Å². The summed E-state index contributed by atoms with van der Waals surface area (Å²) in [6.45, 7) is 3.65. The van der Waals surface area contributed by atoms with Gasteiger partial charge in [0.1, 0.15) is 11.5 Å². The molecule has 0 unspecified atom stereocenters. The number of carbonyl (C=O) groups excluding carboxylic acids is 1. The fourth-order valence-corrected chi connectivity index (χ4v) is 1.73. The quantitative estimate of drug-likeness (QED) is 0.666. The Kier molecular flexibility index (Phi) is 5.45. The van der Waals surface area contributed by atoms with E-state index < -0.39 is 0 Å². The van der Waals surface area contributed by atoms with Gasteiger partial charge in [-0.3, -0.25) is 4.79 Å². The van der Waals surface area contributed by atoms with Crippen molar-refractivity contribution < 1.29 is 15.0 Å². The number of hydrogen-bond acceptors (Lipinski definition) is 4. The van der Waals surface area contributed by atoms with E-state index in [1.165, 1.54) is 18.2 Å². The van der Waals surface area contributed by atoms with Crippen LogP contribution in [0.5, 0.6) is 11.5 Å². The van der Waals surface area contributed by atoms with Gasteiger partial charge in [0.05, 0.1) is 5.56 Å². The van der Waals surface area contributed by atoms with Gasteiger partial charge in [0, 0.05) is 13.1 Å². The van der Waals surface area contributed by atoms with Crippen LogP contribution in [0.15, 0.2) is 18.2 Å². The fraction of sp³-hybridized carbons (Fsp3) is 0.462. The van der Waals surface area contributed by atoms with E-state index in [9.17, 15) is 15.0 Å². The fourth-order valence-electron chi connectivity index (χ4n) is 1.73. The number of aromatic hydroxyl groups is 2. The van der Waals surface area contributed by atoms with Gasteiger partial charge in [-0.15, -0.1) is 0 Å². The van der Waals surface area contributed by atoms with Crippen molar-refractivity contribution in [3.8, 4) is 11.5 Å². The summed E-state index contributed by atoms with van der Waals surface area (Å²) in [7, 11) is 0. The number of benzene rings is 1. The molecule has 0 bridgehead atoms. The Hall–Kier alpha value is -1.75. The molecule has 100 valence electrons. The molecule has 5 nitrogen and oxygen atoms in total. The molecule has 1 aromatic carbocycles. The highest BCUT2D eigenvalue weighted by Gasteiger charge is 2.18. The van der Waals surface area contributed by atoms with Crippen LogP contribution in [0, 0.1) is 0 Å². The zero-order valence-electron chi connectivity index (χ0n) is 10.6. The molecule has 0 spiro atoms. The summed E-state index contributed by atoms with van der Waals surface area (Å²) in [5.41, 5.74) is 5.56. The molecule has 1 aromatic rings. The van der Waals surface area contributed by atoms with Gasteiger partial charge in [-0.05, 0) is 37.6 Å². The highest BCUT2D eigenvalue weighted by atomic mass is 16.3. The van der Waals surface area contributed by atoms with Gasteiger partial charge in [0.2, 0.25) is 0 Å². The van der Waals surface area contributed by atoms with Crippen molar-refractivity contribution in [2.24, 2.45) is 5.73 Å². The van der Waals surface area contributed by atoms with Crippen molar-refractivity contribution in [1.82, 2.24) is 4.90 Å². The summed E-state index contributed by atoms with van der Waals surface area (Å²) in [5.74, 6) is -0.434. The molecule has 0 saturated heterocycles. The number of phenolic OH excluding ortho intramolecular Hbond substituents is 2. The van der Waals surface area contributed by atoms with Crippen LogP contribution in [0.3, 0.4) is 0 Å². The maximum Gasteiger partial charge on any atom is 0.257 e. The smallest absolute Gasteiger partial charge is 0.257 e. The van der Waals surface area contributed by atoms with Gasteiger partial charge in [0.15, 0.2) is 0 Å². The minimum absolute atomic E-state index is 0.0357. The monoisotopic (exact) mass is 252 g/mol. The van der Waals surface area contributed by atoms with E-state index in [1.54, 1.807) is 4.90 Å². The molecule has 5 heteroatoms. The second-order valence-corrected chi connectivity index (χ2v) is 4.14. The Morgan fingerprint density at radius 1 is 1.33 bits per heavy atom. The third kappa shape index (κ3) is 3.63. The van der Waals surface area contributed by atoms with E-state index in [-0.39, 0.29) is 23.0 Å². The summed E-state index contributed by atoms with van der Waals surface area (Å²) < 4.78 is 0. The molecule has 0 atom stereocenters. The van der Waals surface area contributed by atoms with E-state index in [4.69, 9.17) is 5.73 Å². The average Bonchev–Trinajstić information content (AvgIpc) is 2.36. The van der Waals surface area contributed by atoms with E-state index in [1.807, 2.05) is 6.92 Å². The summed E-state index contributed by atoms with van der Waals surface area (Å²) >= 11 is 0. The Morgan fingerprint density at radius 2 is 2.06 bits per heavy atom. The Labute approximate surface area is 107 Å². The third-order valence-corrected chi connectivity index (χ3v) is 2.62. The molecule has 0 aliphatic rings. The molecule has 0 radical (unpaired) electrons. The molecule has 18 heavy (non-hydrogen) atoms. The molecular formula is C13H20N2O3. The maximum absolute atomic E-state index is 12.2. The number of amides is 1. The Bertz CT molecular complexity index is 407. The van der Waals surface area contributed by atoms with Crippen LogP contribution in [0.1, 0.15) is 30.1 Å². The lowest BCUT2D eigenvalue weighted by molar-refractivity contribution is 0.0751. The Balaban J connectivity index is 2.90. The predicted molar refractivity (Wildman–Crippen MR) is 69.6 cm³/mol. The minimum Gasteiger partial charge on any atom is -0.508 e. The molecule has 0 aromatic heterocycles. The van der Waals surface area contributed by atoms with Crippen molar-refractivity contribution in [3.05, 3.63) is 23.8 Å². The summed E-state index contributed by atoms with van der Waals surface area (Å²) in [6, 6.07) is 3.94. The first kappa shape index (κ1) is 14.3. The van der Waals surface area contributed by atoms with Crippen molar-refractivity contribution >= 4 is 5.91 Å². The second kappa shape index (κ2) is 6.86. The van der Waals surface area contributed by atoms with Crippen LogP contribution in [0.2, 0.25) is 0 Å². The van der Waals surface area contributed by atoms with Crippen LogP contribution < -0.4 is 5.73 Å². The molecule has 0 aliphatic carbocycles. The van der Waals surface area contributed by atoms with E-state index in [0.717, 1.165) is 6.42 Å². The van der Waals surface area contributed by atoms with Crippen LogP contribution >= 0.6 is 0 Å². The number of phenols is 2. The van der Waals surface area contributed by atoms with Gasteiger partial charge in [-0.25, -0.2) is 0 Å². The zero-order valence-corrected chi connectivity index (χ0v) is 10.6. The van der Waals surface area contributed by atoms with Gasteiger partial charge < -0.3 is 20.8 Å². The number of nitrogens with two attached hydrogens (primary N) is 1. The molecule has 4 N–H and O–H groups in total. The lowest BCUT2D eigenvalue weighted by Gasteiger charge is -2.22. The maximum atomic E-state index is 12.2. The zero-order chi connectivity index (χ0) is 13.5. The summed E-state index contributed by atoms with van der Waals surface area (Å²) in [5, 5.41) is 19.0. The van der Waals surface area contributed by atoms with Crippen LogP contribution in [0.4, 0.5) is 0 Å². The van der Waals surface area contributed by atoms with Crippen molar-refractivity contribution in [1.29, 1.82) is 0 Å². The van der Waals surface area contributed by atoms with Gasteiger partial charge in [-0.1, -0.05) is 6.92 Å². The summed E-state index contributed by atoms with van der Waals surface area (Å²) in [4.78, 5) is 13.9. The Morgan fingerprint density at radius 3 is 2.67 bits per heavy atom. The highest BCUT2D eigenvalue weighted by Crippen LogP contribution is 2.23. The number of rotatable bonds is 6. The number of carbonyl (C=O) groups is 1. The second-order valence-electron chi connectivity index (χ2n) is 4.14. The molecule has 0 saturated carbocycles. The van der Waals surface area contributed by atoms with Crippen molar-refractivity contribution in [2.75, 3.05) is 19.6 Å². The summed E-state index contributed by atoms with van der Waals surface area (Å²) in [6.07, 6.45) is 1.54. The largest absolute Gasteiger partial charge is 0.508 e. The molecule has 1 amide bonds. The molecule has 0 fully saturated rings. The van der Waals surface area contributed by atoms with Gasteiger partial charge >= 0.3 is 0 Å². The first-order valence-corrected chi connectivity index (χ1v) is 6.11. The molecule has 0 aliphatic heterocycles. The SMILES string of the molecule is CCCN(CCCN)C(=O)c1cc(O)ccc1O.